The maximum atomic E-state index is 11.7. The second-order valence-corrected chi connectivity index (χ2v) is 5.41. The van der Waals surface area contributed by atoms with Crippen molar-refractivity contribution in [1.29, 1.82) is 0 Å². The lowest BCUT2D eigenvalue weighted by atomic mass is 9.96. The van der Waals surface area contributed by atoms with E-state index in [4.69, 9.17) is 0 Å². The van der Waals surface area contributed by atoms with E-state index in [1.165, 1.54) is 38.8 Å². The zero-order chi connectivity index (χ0) is 12.4. The van der Waals surface area contributed by atoms with Gasteiger partial charge in [0.1, 0.15) is 0 Å². The van der Waals surface area contributed by atoms with Crippen LogP contribution in [0.25, 0.3) is 0 Å². The molecule has 5 heteroatoms. The molecule has 0 unspecified atom stereocenters. The first kappa shape index (κ1) is 11.7. The number of aromatic amines is 1. The van der Waals surface area contributed by atoms with Crippen molar-refractivity contribution < 1.29 is 4.79 Å². The molecular formula is C13H20N4O. The highest BCUT2D eigenvalue weighted by molar-refractivity contribution is 5.93. The highest BCUT2D eigenvalue weighted by Crippen LogP contribution is 2.30. The van der Waals surface area contributed by atoms with Gasteiger partial charge in [-0.05, 0) is 44.7 Å². The van der Waals surface area contributed by atoms with Gasteiger partial charge in [0.25, 0.3) is 5.91 Å². The largest absolute Gasteiger partial charge is 0.352 e. The lowest BCUT2D eigenvalue weighted by Gasteiger charge is -2.31. The fourth-order valence-electron chi connectivity index (χ4n) is 2.68. The molecule has 0 aromatic carbocycles. The van der Waals surface area contributed by atoms with E-state index in [1.54, 1.807) is 12.4 Å². The normalized spacial score (nSPS) is 22.0. The van der Waals surface area contributed by atoms with Gasteiger partial charge in [-0.25, -0.2) is 0 Å². The number of amides is 1. The van der Waals surface area contributed by atoms with E-state index < -0.39 is 0 Å². The predicted molar refractivity (Wildman–Crippen MR) is 68.2 cm³/mol. The Morgan fingerprint density at radius 1 is 1.39 bits per heavy atom. The molecule has 2 N–H and O–H groups in total. The minimum absolute atomic E-state index is 0.0200. The highest BCUT2D eigenvalue weighted by atomic mass is 16.1. The summed E-state index contributed by atoms with van der Waals surface area (Å²) in [6.45, 7) is 3.20. The molecule has 1 aliphatic heterocycles. The topological polar surface area (TPSA) is 61.0 Å². The van der Waals surface area contributed by atoms with Crippen LogP contribution in [0.15, 0.2) is 12.4 Å². The maximum Gasteiger partial charge on any atom is 0.254 e. The Bertz CT molecular complexity index is 391. The summed E-state index contributed by atoms with van der Waals surface area (Å²) in [6, 6.07) is 0.881. The van der Waals surface area contributed by atoms with Crippen molar-refractivity contribution in [2.45, 2.75) is 31.7 Å². The Balaban J connectivity index is 1.40. The van der Waals surface area contributed by atoms with Crippen molar-refractivity contribution in [2.24, 2.45) is 5.92 Å². The molecule has 1 aromatic heterocycles. The summed E-state index contributed by atoms with van der Waals surface area (Å²) < 4.78 is 0. The van der Waals surface area contributed by atoms with Crippen LogP contribution in [0.3, 0.4) is 0 Å². The molecule has 0 radical (unpaired) electrons. The van der Waals surface area contributed by atoms with Crippen LogP contribution in [-0.4, -0.2) is 46.7 Å². The van der Waals surface area contributed by atoms with Crippen molar-refractivity contribution >= 4 is 5.91 Å². The molecule has 0 bridgehead atoms. The number of hydrogen-bond acceptors (Lipinski definition) is 3. The monoisotopic (exact) mass is 248 g/mol. The molecule has 18 heavy (non-hydrogen) atoms. The summed E-state index contributed by atoms with van der Waals surface area (Å²) in [7, 11) is 0. The second-order valence-electron chi connectivity index (χ2n) is 5.41. The molecule has 2 aliphatic rings. The van der Waals surface area contributed by atoms with Gasteiger partial charge in [-0.15, -0.1) is 0 Å². The number of carbonyl (C=O) groups excluding carboxylic acids is 1. The number of aromatic nitrogens is 2. The summed E-state index contributed by atoms with van der Waals surface area (Å²) in [5, 5.41) is 9.44. The summed E-state index contributed by atoms with van der Waals surface area (Å²) in [4.78, 5) is 14.4. The fraction of sp³-hybridized carbons (Fsp3) is 0.692. The van der Waals surface area contributed by atoms with E-state index in [0.717, 1.165) is 12.6 Å². The predicted octanol–water partition coefficient (Wildman–Crippen LogP) is 1.01. The Kier molecular flexibility index (Phi) is 3.32. The zero-order valence-electron chi connectivity index (χ0n) is 10.6. The number of carbonyl (C=O) groups is 1. The third-order valence-electron chi connectivity index (χ3n) is 4.02. The van der Waals surface area contributed by atoms with E-state index >= 15 is 0 Å². The first-order valence-corrected chi connectivity index (χ1v) is 6.84. The number of likely N-dealkylation sites (tertiary alicyclic amines) is 1. The van der Waals surface area contributed by atoms with Crippen LogP contribution >= 0.6 is 0 Å². The van der Waals surface area contributed by atoms with E-state index in [0.29, 0.717) is 11.5 Å². The lowest BCUT2D eigenvalue weighted by molar-refractivity contribution is 0.0935. The molecule has 3 rings (SSSR count). The first-order valence-electron chi connectivity index (χ1n) is 6.84. The van der Waals surface area contributed by atoms with Gasteiger partial charge in [0.05, 0.1) is 11.8 Å². The molecule has 1 saturated carbocycles. The van der Waals surface area contributed by atoms with Gasteiger partial charge in [0, 0.05) is 18.8 Å². The average molecular weight is 248 g/mol. The molecule has 2 heterocycles. The van der Waals surface area contributed by atoms with Crippen molar-refractivity contribution in [3.05, 3.63) is 18.0 Å². The van der Waals surface area contributed by atoms with Gasteiger partial charge in [-0.2, -0.15) is 5.10 Å². The summed E-state index contributed by atoms with van der Waals surface area (Å²) in [5.74, 6) is 0.615. The molecule has 1 amide bonds. The quantitative estimate of drug-likeness (QED) is 0.836. The Morgan fingerprint density at radius 3 is 2.78 bits per heavy atom. The molecule has 1 aliphatic carbocycles. The maximum absolute atomic E-state index is 11.7. The van der Waals surface area contributed by atoms with Crippen LogP contribution in [0, 0.1) is 5.92 Å². The van der Waals surface area contributed by atoms with Crippen molar-refractivity contribution in [2.75, 3.05) is 19.6 Å². The highest BCUT2D eigenvalue weighted by Gasteiger charge is 2.31. The van der Waals surface area contributed by atoms with Crippen LogP contribution < -0.4 is 5.32 Å². The number of piperidine rings is 1. The summed E-state index contributed by atoms with van der Waals surface area (Å²) in [6.07, 6.45) is 8.39. The minimum Gasteiger partial charge on any atom is -0.352 e. The standard InChI is InChI=1S/C13H20N4O/c18-13(11-8-15-16-9-11)14-7-10-3-5-17(6-4-10)12-1-2-12/h8-10,12H,1-7H2,(H,14,18)(H,15,16). The Labute approximate surface area is 107 Å². The number of H-pyrrole nitrogens is 1. The molecule has 2 fully saturated rings. The molecule has 98 valence electrons. The second kappa shape index (κ2) is 5.10. The van der Waals surface area contributed by atoms with Crippen molar-refractivity contribution in [3.8, 4) is 0 Å². The van der Waals surface area contributed by atoms with Gasteiger partial charge in [-0.3, -0.25) is 9.89 Å². The van der Waals surface area contributed by atoms with Crippen LogP contribution in [0.1, 0.15) is 36.0 Å². The van der Waals surface area contributed by atoms with Gasteiger partial charge in [0.2, 0.25) is 0 Å². The minimum atomic E-state index is -0.0200. The van der Waals surface area contributed by atoms with Gasteiger partial charge >= 0.3 is 0 Å². The van der Waals surface area contributed by atoms with Crippen molar-refractivity contribution in [1.82, 2.24) is 20.4 Å². The lowest BCUT2D eigenvalue weighted by Crippen LogP contribution is -2.39. The summed E-state index contributed by atoms with van der Waals surface area (Å²) in [5.41, 5.74) is 0.616. The van der Waals surface area contributed by atoms with Gasteiger partial charge in [0.15, 0.2) is 0 Å². The third kappa shape index (κ3) is 2.72. The van der Waals surface area contributed by atoms with E-state index in [1.807, 2.05) is 0 Å². The van der Waals surface area contributed by atoms with Crippen LogP contribution in [-0.2, 0) is 0 Å². The third-order valence-corrected chi connectivity index (χ3v) is 4.02. The Morgan fingerprint density at radius 2 is 2.17 bits per heavy atom. The van der Waals surface area contributed by atoms with Gasteiger partial charge < -0.3 is 10.2 Å². The molecule has 0 spiro atoms. The van der Waals surface area contributed by atoms with E-state index in [2.05, 4.69) is 20.4 Å². The van der Waals surface area contributed by atoms with Gasteiger partial charge in [-0.1, -0.05) is 0 Å². The Hall–Kier alpha value is -1.36. The average Bonchev–Trinajstić information content (AvgIpc) is 3.11. The fourth-order valence-corrected chi connectivity index (χ4v) is 2.68. The number of hydrogen-bond donors (Lipinski definition) is 2. The molecule has 1 saturated heterocycles. The van der Waals surface area contributed by atoms with Crippen LogP contribution in [0.5, 0.6) is 0 Å². The first-order chi connectivity index (χ1) is 8.83. The number of nitrogens with one attached hydrogen (secondary N) is 2. The molecule has 1 aromatic rings. The molecular weight excluding hydrogens is 228 g/mol. The van der Waals surface area contributed by atoms with Crippen molar-refractivity contribution in [3.63, 3.8) is 0 Å². The number of rotatable bonds is 4. The zero-order valence-corrected chi connectivity index (χ0v) is 10.6. The SMILES string of the molecule is O=C(NCC1CCN(C2CC2)CC1)c1cn[nH]c1. The smallest absolute Gasteiger partial charge is 0.254 e. The number of nitrogens with zero attached hydrogens (tertiary/aromatic N) is 2. The van der Waals surface area contributed by atoms with E-state index in [9.17, 15) is 4.79 Å². The summed E-state index contributed by atoms with van der Waals surface area (Å²) >= 11 is 0. The van der Waals surface area contributed by atoms with Crippen LogP contribution in [0.4, 0.5) is 0 Å². The molecule has 5 nitrogen and oxygen atoms in total. The van der Waals surface area contributed by atoms with E-state index in [-0.39, 0.29) is 5.91 Å². The molecule has 0 atom stereocenters. The van der Waals surface area contributed by atoms with Crippen LogP contribution in [0.2, 0.25) is 0 Å².